The Kier molecular flexibility index (Phi) is 9.04. The van der Waals surface area contributed by atoms with E-state index >= 15 is 0 Å². The molecule has 0 aromatic heterocycles. The Morgan fingerprint density at radius 1 is 0.906 bits per heavy atom. The van der Waals surface area contributed by atoms with E-state index in [4.69, 9.17) is 15.6 Å². The molecule has 32 heavy (non-hydrogen) atoms. The van der Waals surface area contributed by atoms with Crippen molar-refractivity contribution in [1.29, 1.82) is 5.41 Å². The largest absolute Gasteiger partial charge is 0.477 e. The van der Waals surface area contributed by atoms with E-state index in [1.54, 1.807) is 11.8 Å². The molecule has 0 spiro atoms. The third kappa shape index (κ3) is 6.96. The van der Waals surface area contributed by atoms with Crippen molar-refractivity contribution in [2.24, 2.45) is 0 Å². The first kappa shape index (κ1) is 25.2. The molecule has 1 fully saturated rings. The van der Waals surface area contributed by atoms with Crippen LogP contribution in [0.4, 0.5) is 11.4 Å². The minimum absolute atomic E-state index is 0.383. The van der Waals surface area contributed by atoms with E-state index in [0.29, 0.717) is 9.79 Å². The highest BCUT2D eigenvalue weighted by Gasteiger charge is 2.22. The first-order valence-corrected chi connectivity index (χ1v) is 11.8. The van der Waals surface area contributed by atoms with Crippen LogP contribution in [0.5, 0.6) is 0 Å². The molecule has 0 atom stereocenters. The number of benzene rings is 2. The van der Waals surface area contributed by atoms with Gasteiger partial charge in [-0.2, -0.15) is 0 Å². The molecular formula is C18H15N3O8S3. The fraction of sp³-hybridized carbons (Fsp3) is 0.167. The number of nitrogens with zero attached hydrogens (tertiary/aromatic N) is 2. The number of carboxylic acids is 2. The van der Waals surface area contributed by atoms with E-state index in [2.05, 4.69) is 0 Å². The first-order chi connectivity index (χ1) is 15.1. The van der Waals surface area contributed by atoms with Gasteiger partial charge in [-0.15, -0.1) is 11.8 Å². The molecule has 0 bridgehead atoms. The molecule has 2 aromatic carbocycles. The van der Waals surface area contributed by atoms with E-state index in [1.807, 2.05) is 0 Å². The second kappa shape index (κ2) is 11.5. The van der Waals surface area contributed by atoms with E-state index < -0.39 is 44.3 Å². The highest BCUT2D eigenvalue weighted by molar-refractivity contribution is 8.76. The molecule has 1 saturated heterocycles. The fourth-order valence-corrected chi connectivity index (χ4v) is 5.19. The molecule has 0 aliphatic carbocycles. The lowest BCUT2D eigenvalue weighted by Gasteiger charge is -2.05. The molecule has 0 amide bonds. The number of aromatic carboxylic acids is 2. The van der Waals surface area contributed by atoms with Crippen molar-refractivity contribution >= 4 is 61.7 Å². The summed E-state index contributed by atoms with van der Waals surface area (Å²) < 4.78 is 0. The minimum atomic E-state index is -1.45. The number of hydrogen-bond acceptors (Lipinski definition) is 10. The summed E-state index contributed by atoms with van der Waals surface area (Å²) in [4.78, 5) is 43.1. The fourth-order valence-electron chi connectivity index (χ4n) is 2.39. The maximum absolute atomic E-state index is 11.1. The molecule has 3 rings (SSSR count). The summed E-state index contributed by atoms with van der Waals surface area (Å²) >= 11 is 1.68. The Balaban J connectivity index is 0.000000520. The quantitative estimate of drug-likeness (QED) is 0.260. The van der Waals surface area contributed by atoms with Gasteiger partial charge in [0.25, 0.3) is 11.4 Å². The van der Waals surface area contributed by atoms with Crippen molar-refractivity contribution in [3.05, 3.63) is 67.8 Å². The Morgan fingerprint density at radius 2 is 1.34 bits per heavy atom. The van der Waals surface area contributed by atoms with Crippen molar-refractivity contribution in [3.8, 4) is 0 Å². The van der Waals surface area contributed by atoms with Crippen LogP contribution in [0.3, 0.4) is 0 Å². The van der Waals surface area contributed by atoms with Gasteiger partial charge in [0.05, 0.1) is 14.9 Å². The van der Waals surface area contributed by atoms with E-state index in [1.165, 1.54) is 24.3 Å². The molecule has 0 radical (unpaired) electrons. The molecule has 3 N–H and O–H groups in total. The van der Waals surface area contributed by atoms with Crippen LogP contribution in [-0.2, 0) is 0 Å². The van der Waals surface area contributed by atoms with Crippen LogP contribution >= 0.6 is 33.3 Å². The van der Waals surface area contributed by atoms with Crippen LogP contribution in [0.2, 0.25) is 0 Å². The average molecular weight is 498 g/mol. The standard InChI is InChI=1S/C14H8N2O8S2.C4H7NS/c17-13(18)9-5-7(1-3-11(9)15(21)22)25-26-8-2-4-12(16(23)24)10(6-8)14(19)20;5-4-2-1-3-6-4/h1-6H,(H,17,18)(H,19,20);5H,1-3H2. The normalized spacial score (nSPS) is 12.6. The van der Waals surface area contributed by atoms with Gasteiger partial charge < -0.3 is 10.2 Å². The monoisotopic (exact) mass is 497 g/mol. The molecule has 168 valence electrons. The second-order valence-electron chi connectivity index (χ2n) is 6.02. The lowest BCUT2D eigenvalue weighted by Crippen LogP contribution is -2.02. The van der Waals surface area contributed by atoms with Crippen LogP contribution in [0.25, 0.3) is 0 Å². The lowest BCUT2D eigenvalue weighted by atomic mass is 10.2. The highest BCUT2D eigenvalue weighted by Crippen LogP contribution is 2.40. The number of rotatable bonds is 7. The van der Waals surface area contributed by atoms with Crippen LogP contribution in [-0.4, -0.2) is 42.8 Å². The van der Waals surface area contributed by atoms with Gasteiger partial charge in [-0.25, -0.2) is 9.59 Å². The Labute approximate surface area is 192 Å². The molecular weight excluding hydrogens is 482 g/mol. The van der Waals surface area contributed by atoms with Gasteiger partial charge >= 0.3 is 11.9 Å². The Bertz CT molecular complexity index is 1010. The number of nitro groups is 2. The van der Waals surface area contributed by atoms with Crippen LogP contribution < -0.4 is 0 Å². The zero-order chi connectivity index (χ0) is 23.8. The van der Waals surface area contributed by atoms with Crippen molar-refractivity contribution in [2.45, 2.75) is 22.6 Å². The zero-order valence-electron chi connectivity index (χ0n) is 16.0. The molecule has 1 aliphatic heterocycles. The molecule has 0 unspecified atom stereocenters. The lowest BCUT2D eigenvalue weighted by molar-refractivity contribution is -0.385. The van der Waals surface area contributed by atoms with Gasteiger partial charge in [-0.1, -0.05) is 21.6 Å². The zero-order valence-corrected chi connectivity index (χ0v) is 18.5. The van der Waals surface area contributed by atoms with Gasteiger partial charge in [-0.05, 0) is 42.9 Å². The summed E-state index contributed by atoms with van der Waals surface area (Å²) in [6, 6.07) is 7.08. The smallest absolute Gasteiger partial charge is 0.342 e. The van der Waals surface area contributed by atoms with Crippen LogP contribution in [0.15, 0.2) is 46.2 Å². The van der Waals surface area contributed by atoms with Crippen molar-refractivity contribution < 1.29 is 29.6 Å². The van der Waals surface area contributed by atoms with Gasteiger partial charge in [-0.3, -0.25) is 25.6 Å². The topological polar surface area (TPSA) is 185 Å². The van der Waals surface area contributed by atoms with Crippen molar-refractivity contribution in [1.82, 2.24) is 0 Å². The van der Waals surface area contributed by atoms with Crippen LogP contribution in [0.1, 0.15) is 33.6 Å². The summed E-state index contributed by atoms with van der Waals surface area (Å²) in [6.07, 6.45) is 2.26. The number of hydrogen-bond donors (Lipinski definition) is 3. The predicted octanol–water partition coefficient (Wildman–Crippen LogP) is 5.19. The summed E-state index contributed by atoms with van der Waals surface area (Å²) in [5.41, 5.74) is -2.04. The number of thioether (sulfide) groups is 1. The number of nitro benzene ring substituents is 2. The van der Waals surface area contributed by atoms with Crippen LogP contribution in [0, 0.1) is 25.6 Å². The molecule has 1 heterocycles. The van der Waals surface area contributed by atoms with Gasteiger partial charge in [0.1, 0.15) is 11.1 Å². The first-order valence-electron chi connectivity index (χ1n) is 8.68. The SMILES string of the molecule is N=C1CCCS1.O=C(O)c1cc(SSc2ccc([N+](=O)[O-])c(C(=O)O)c2)ccc1[N+](=O)[O-]. The van der Waals surface area contributed by atoms with E-state index in [9.17, 15) is 29.8 Å². The number of nitrogens with one attached hydrogen (secondary N) is 1. The summed E-state index contributed by atoms with van der Waals surface area (Å²) in [7, 11) is 2.06. The maximum atomic E-state index is 11.1. The third-order valence-electron chi connectivity index (χ3n) is 3.85. The van der Waals surface area contributed by atoms with E-state index in [0.717, 1.165) is 57.3 Å². The van der Waals surface area contributed by atoms with E-state index in [-0.39, 0.29) is 0 Å². The van der Waals surface area contributed by atoms with Gasteiger partial charge in [0, 0.05) is 21.9 Å². The second-order valence-corrected chi connectivity index (χ2v) is 9.49. The average Bonchev–Trinajstić information content (AvgIpc) is 3.22. The van der Waals surface area contributed by atoms with Gasteiger partial charge in [0.15, 0.2) is 0 Å². The Hall–Kier alpha value is -3.10. The van der Waals surface area contributed by atoms with Crippen molar-refractivity contribution in [2.75, 3.05) is 5.75 Å². The molecule has 11 nitrogen and oxygen atoms in total. The summed E-state index contributed by atoms with van der Waals surface area (Å²) in [6.45, 7) is 0. The van der Waals surface area contributed by atoms with Crippen molar-refractivity contribution in [3.63, 3.8) is 0 Å². The third-order valence-corrected chi connectivity index (χ3v) is 7.28. The molecule has 14 heteroatoms. The highest BCUT2D eigenvalue weighted by atomic mass is 33.1. The predicted molar refractivity (Wildman–Crippen MR) is 121 cm³/mol. The number of carbonyl (C=O) groups is 2. The molecule has 2 aromatic rings. The summed E-state index contributed by atoms with van der Waals surface area (Å²) in [5.74, 6) is -1.72. The minimum Gasteiger partial charge on any atom is -0.477 e. The number of carboxylic acid groups (broad SMARTS) is 2. The Morgan fingerprint density at radius 3 is 1.59 bits per heavy atom. The maximum Gasteiger partial charge on any atom is 0.342 e. The molecule has 0 saturated carbocycles. The van der Waals surface area contributed by atoms with Gasteiger partial charge in [0.2, 0.25) is 0 Å². The summed E-state index contributed by atoms with van der Waals surface area (Å²) in [5, 5.41) is 47.6. The molecule has 1 aliphatic rings.